The number of nitrogens with zero attached hydrogens (tertiary/aromatic N) is 3. The minimum absolute atomic E-state index is 0.00802. The number of benzene rings is 1. The van der Waals surface area contributed by atoms with Crippen molar-refractivity contribution in [3.8, 4) is 0 Å². The highest BCUT2D eigenvalue weighted by Gasteiger charge is 2.31. The molecular weight excluding hydrogens is 398 g/mol. The van der Waals surface area contributed by atoms with Crippen molar-refractivity contribution in [1.82, 2.24) is 13.8 Å². The summed E-state index contributed by atoms with van der Waals surface area (Å²) in [6.45, 7) is 3.96. The summed E-state index contributed by atoms with van der Waals surface area (Å²) >= 11 is 0.995. The summed E-state index contributed by atoms with van der Waals surface area (Å²) in [5.41, 5.74) is 0.619. The van der Waals surface area contributed by atoms with Crippen LogP contribution in [0.4, 0.5) is 0 Å². The van der Waals surface area contributed by atoms with Crippen LogP contribution >= 0.6 is 11.3 Å². The molecule has 1 atom stereocenters. The first-order valence-corrected chi connectivity index (χ1v) is 12.1. The predicted molar refractivity (Wildman–Crippen MR) is 109 cm³/mol. The van der Waals surface area contributed by atoms with Crippen molar-refractivity contribution in [3.63, 3.8) is 0 Å². The smallest absolute Gasteiger partial charge is 0.308 e. The van der Waals surface area contributed by atoms with Gasteiger partial charge in [-0.1, -0.05) is 17.8 Å². The summed E-state index contributed by atoms with van der Waals surface area (Å²) in [6.07, 6.45) is 4.78. The summed E-state index contributed by atoms with van der Waals surface area (Å²) in [5, 5.41) is 0. The Kier molecular flexibility index (Phi) is 5.32. The van der Waals surface area contributed by atoms with Crippen LogP contribution in [0.2, 0.25) is 0 Å². The van der Waals surface area contributed by atoms with Gasteiger partial charge < -0.3 is 4.90 Å². The Bertz CT molecular complexity index is 1050. The fourth-order valence-corrected chi connectivity index (χ4v) is 6.85. The van der Waals surface area contributed by atoms with E-state index >= 15 is 0 Å². The first-order chi connectivity index (χ1) is 13.4. The minimum atomic E-state index is -3.59. The Hall–Kier alpha value is -1.71. The number of carbonyl (C=O) groups is 1. The molecule has 1 amide bonds. The van der Waals surface area contributed by atoms with E-state index in [9.17, 15) is 18.0 Å². The molecule has 0 N–H and O–H groups in total. The summed E-state index contributed by atoms with van der Waals surface area (Å²) < 4.78 is 29.8. The van der Waals surface area contributed by atoms with Gasteiger partial charge in [-0.15, -0.1) is 0 Å². The van der Waals surface area contributed by atoms with Crippen LogP contribution < -0.4 is 4.87 Å². The lowest BCUT2D eigenvalue weighted by Gasteiger charge is -2.32. The SMILES string of the molecule is CC1CCCCN1S(=O)(=O)c1ccc2c(c1)sc(=O)n2CC(=O)N1CCCC1. The zero-order valence-corrected chi connectivity index (χ0v) is 17.6. The molecule has 1 aromatic heterocycles. The van der Waals surface area contributed by atoms with Crippen LogP contribution in [0.5, 0.6) is 0 Å². The monoisotopic (exact) mass is 423 g/mol. The van der Waals surface area contributed by atoms with Crippen LogP contribution in [0, 0.1) is 0 Å². The third-order valence-electron chi connectivity index (χ3n) is 5.74. The Labute approximate surface area is 168 Å². The molecule has 0 aliphatic carbocycles. The fraction of sp³-hybridized carbons (Fsp3) is 0.579. The minimum Gasteiger partial charge on any atom is -0.341 e. The molecule has 0 spiro atoms. The zero-order valence-electron chi connectivity index (χ0n) is 16.0. The second-order valence-electron chi connectivity index (χ2n) is 7.63. The van der Waals surface area contributed by atoms with Gasteiger partial charge in [0.2, 0.25) is 15.9 Å². The molecule has 2 aliphatic heterocycles. The summed E-state index contributed by atoms with van der Waals surface area (Å²) in [7, 11) is -3.59. The summed E-state index contributed by atoms with van der Waals surface area (Å²) in [4.78, 5) is 26.7. The van der Waals surface area contributed by atoms with Crippen LogP contribution in [-0.4, -0.2) is 53.8 Å². The lowest BCUT2D eigenvalue weighted by Crippen LogP contribution is -2.41. The van der Waals surface area contributed by atoms with Gasteiger partial charge in [-0.2, -0.15) is 4.31 Å². The van der Waals surface area contributed by atoms with Gasteiger partial charge >= 0.3 is 4.87 Å². The Morgan fingerprint density at radius 3 is 2.57 bits per heavy atom. The number of hydrogen-bond acceptors (Lipinski definition) is 5. The van der Waals surface area contributed by atoms with Crippen LogP contribution in [0.15, 0.2) is 27.9 Å². The number of carbonyl (C=O) groups excluding carboxylic acids is 1. The van der Waals surface area contributed by atoms with Crippen molar-refractivity contribution >= 4 is 37.5 Å². The number of amides is 1. The molecule has 0 saturated carbocycles. The maximum Gasteiger partial charge on any atom is 0.308 e. The van der Waals surface area contributed by atoms with E-state index in [4.69, 9.17) is 0 Å². The Morgan fingerprint density at radius 1 is 1.14 bits per heavy atom. The molecule has 7 nitrogen and oxygen atoms in total. The molecular formula is C19H25N3O4S2. The molecule has 9 heteroatoms. The third-order valence-corrected chi connectivity index (χ3v) is 8.69. The van der Waals surface area contributed by atoms with Crippen LogP contribution in [0.3, 0.4) is 0 Å². The van der Waals surface area contributed by atoms with E-state index in [0.717, 1.165) is 56.5 Å². The molecule has 1 aromatic carbocycles. The van der Waals surface area contributed by atoms with Gasteiger partial charge in [-0.3, -0.25) is 14.2 Å². The average Bonchev–Trinajstić information content (AvgIpc) is 3.30. The van der Waals surface area contributed by atoms with Crippen molar-refractivity contribution in [2.75, 3.05) is 19.6 Å². The second kappa shape index (κ2) is 7.61. The lowest BCUT2D eigenvalue weighted by molar-refractivity contribution is -0.130. The zero-order chi connectivity index (χ0) is 19.9. The first-order valence-electron chi connectivity index (χ1n) is 9.81. The summed E-state index contributed by atoms with van der Waals surface area (Å²) in [6, 6.07) is 4.78. The van der Waals surface area contributed by atoms with Crippen LogP contribution in [0.1, 0.15) is 39.0 Å². The number of thiazole rings is 1. The molecule has 2 saturated heterocycles. The van der Waals surface area contributed by atoms with E-state index < -0.39 is 10.0 Å². The van der Waals surface area contributed by atoms with Crippen molar-refractivity contribution in [3.05, 3.63) is 27.9 Å². The molecule has 0 radical (unpaired) electrons. The molecule has 28 heavy (non-hydrogen) atoms. The highest BCUT2D eigenvalue weighted by atomic mass is 32.2. The highest BCUT2D eigenvalue weighted by Crippen LogP contribution is 2.28. The van der Waals surface area contributed by atoms with Gasteiger partial charge in [0.15, 0.2) is 0 Å². The molecule has 2 fully saturated rings. The molecule has 2 aromatic rings. The lowest BCUT2D eigenvalue weighted by atomic mass is 10.1. The van der Waals surface area contributed by atoms with Gasteiger partial charge in [0.25, 0.3) is 0 Å². The van der Waals surface area contributed by atoms with E-state index in [1.807, 2.05) is 6.92 Å². The van der Waals surface area contributed by atoms with Gasteiger partial charge in [0.05, 0.1) is 15.1 Å². The van der Waals surface area contributed by atoms with Gasteiger partial charge in [-0.25, -0.2) is 8.42 Å². The van der Waals surface area contributed by atoms with Crippen molar-refractivity contribution in [2.45, 2.75) is 56.5 Å². The molecule has 152 valence electrons. The van der Waals surface area contributed by atoms with E-state index in [1.54, 1.807) is 27.4 Å². The number of fused-ring (bicyclic) bond motifs is 1. The maximum absolute atomic E-state index is 13.1. The summed E-state index contributed by atoms with van der Waals surface area (Å²) in [5.74, 6) is -0.0573. The van der Waals surface area contributed by atoms with Gasteiger partial charge in [0, 0.05) is 25.7 Å². The molecule has 0 bridgehead atoms. The number of piperidine rings is 1. The molecule has 4 rings (SSSR count). The van der Waals surface area contributed by atoms with E-state index in [2.05, 4.69) is 0 Å². The van der Waals surface area contributed by atoms with Crippen LogP contribution in [0.25, 0.3) is 10.2 Å². The van der Waals surface area contributed by atoms with Crippen molar-refractivity contribution in [2.24, 2.45) is 0 Å². The largest absolute Gasteiger partial charge is 0.341 e. The molecule has 1 unspecified atom stereocenters. The molecule has 3 heterocycles. The van der Waals surface area contributed by atoms with Gasteiger partial charge in [0.1, 0.15) is 6.54 Å². The quantitative estimate of drug-likeness (QED) is 0.756. The molecule has 2 aliphatic rings. The second-order valence-corrected chi connectivity index (χ2v) is 10.5. The van der Waals surface area contributed by atoms with Crippen molar-refractivity contribution in [1.29, 1.82) is 0 Å². The average molecular weight is 424 g/mol. The van der Waals surface area contributed by atoms with Crippen LogP contribution in [-0.2, 0) is 21.4 Å². The highest BCUT2D eigenvalue weighted by molar-refractivity contribution is 7.89. The number of aromatic nitrogens is 1. The number of sulfonamides is 1. The number of rotatable bonds is 4. The van der Waals surface area contributed by atoms with E-state index in [-0.39, 0.29) is 28.3 Å². The Balaban J connectivity index is 1.65. The maximum atomic E-state index is 13.1. The first kappa shape index (κ1) is 19.6. The Morgan fingerprint density at radius 2 is 1.86 bits per heavy atom. The van der Waals surface area contributed by atoms with Crippen molar-refractivity contribution < 1.29 is 13.2 Å². The number of likely N-dealkylation sites (tertiary alicyclic amines) is 1. The predicted octanol–water partition coefficient (Wildman–Crippen LogP) is 2.25. The normalized spacial score (nSPS) is 21.5. The van der Waals surface area contributed by atoms with Gasteiger partial charge in [-0.05, 0) is 50.8 Å². The topological polar surface area (TPSA) is 79.7 Å². The van der Waals surface area contributed by atoms with E-state index in [1.165, 1.54) is 4.57 Å². The standard InChI is InChI=1S/C19H25N3O4S2/c1-14-6-2-3-11-22(14)28(25,26)15-7-8-16-17(12-15)27-19(24)21(16)13-18(23)20-9-4-5-10-20/h7-8,12,14H,2-6,9-11,13H2,1H3. The third kappa shape index (κ3) is 3.51. The fourth-order valence-electron chi connectivity index (χ4n) is 4.12. The number of hydrogen-bond donors (Lipinski definition) is 0. The van der Waals surface area contributed by atoms with E-state index in [0.29, 0.717) is 16.8 Å².